The number of hydrogen-bond donors (Lipinski definition) is 1. The second-order valence-corrected chi connectivity index (χ2v) is 7.42. The first-order valence-electron chi connectivity index (χ1n) is 8.23. The van der Waals surface area contributed by atoms with Crippen LogP contribution in [0.1, 0.15) is 17.2 Å². The Morgan fingerprint density at radius 3 is 2.62 bits per heavy atom. The first kappa shape index (κ1) is 17.0. The second kappa shape index (κ2) is 7.08. The summed E-state index contributed by atoms with van der Waals surface area (Å²) in [4.78, 5) is 5.27. The van der Waals surface area contributed by atoms with Gasteiger partial charge in [0.15, 0.2) is 0 Å². The molecule has 0 spiro atoms. The van der Waals surface area contributed by atoms with Gasteiger partial charge in [0, 0.05) is 57.8 Å². The van der Waals surface area contributed by atoms with E-state index in [0.29, 0.717) is 5.02 Å². The Balaban J connectivity index is 1.99. The molecule has 0 bridgehead atoms. The molecule has 1 atom stereocenters. The fourth-order valence-corrected chi connectivity index (χ4v) is 4.22. The average Bonchev–Trinajstić information content (AvgIpc) is 3.30. The predicted molar refractivity (Wildman–Crippen MR) is 107 cm³/mol. The van der Waals surface area contributed by atoms with Crippen LogP contribution in [0.15, 0.2) is 72.5 Å². The van der Waals surface area contributed by atoms with E-state index in [1.54, 1.807) is 23.7 Å². The lowest BCUT2D eigenvalue weighted by atomic mass is 9.95. The van der Waals surface area contributed by atoms with Crippen molar-refractivity contribution >= 4 is 22.9 Å². The van der Waals surface area contributed by atoms with Crippen LogP contribution in [0.25, 0.3) is 21.7 Å². The van der Waals surface area contributed by atoms with Gasteiger partial charge in [0.2, 0.25) is 0 Å². The number of nitrogens with zero attached hydrogens (tertiary/aromatic N) is 2. The third-order valence-electron chi connectivity index (χ3n) is 4.41. The zero-order valence-electron chi connectivity index (χ0n) is 14.1. The molecule has 0 fully saturated rings. The van der Waals surface area contributed by atoms with Gasteiger partial charge in [-0.2, -0.15) is 0 Å². The molecule has 0 aliphatic heterocycles. The summed E-state index contributed by atoms with van der Waals surface area (Å²) in [6.07, 6.45) is 4.66. The molecule has 3 heterocycles. The quantitative estimate of drug-likeness (QED) is 0.504. The molecular weight excluding hydrogens is 364 g/mol. The van der Waals surface area contributed by atoms with Gasteiger partial charge in [-0.05, 0) is 23.6 Å². The summed E-state index contributed by atoms with van der Waals surface area (Å²) in [7, 11) is 1.98. The van der Waals surface area contributed by atoms with Gasteiger partial charge >= 0.3 is 0 Å². The lowest BCUT2D eigenvalue weighted by molar-refractivity contribution is 0.221. The van der Waals surface area contributed by atoms with Crippen molar-refractivity contribution in [3.63, 3.8) is 0 Å². The van der Waals surface area contributed by atoms with Crippen LogP contribution in [0.4, 0.5) is 0 Å². The molecule has 5 heteroatoms. The summed E-state index contributed by atoms with van der Waals surface area (Å²) < 4.78 is 2.03. The molecule has 4 aromatic rings. The molecule has 0 amide bonds. The molecule has 1 N–H and O–H groups in total. The highest BCUT2D eigenvalue weighted by molar-refractivity contribution is 7.13. The molecule has 1 unspecified atom stereocenters. The molecule has 0 aliphatic carbocycles. The molecule has 0 saturated carbocycles. The van der Waals surface area contributed by atoms with Crippen LogP contribution in [0.2, 0.25) is 5.02 Å². The van der Waals surface area contributed by atoms with Crippen molar-refractivity contribution in [2.24, 2.45) is 7.05 Å². The minimum Gasteiger partial charge on any atom is -0.383 e. The maximum atomic E-state index is 11.2. The number of aliphatic hydroxyl groups excluding tert-OH is 1. The van der Waals surface area contributed by atoms with Crippen LogP contribution >= 0.6 is 22.9 Å². The van der Waals surface area contributed by atoms with E-state index >= 15 is 0 Å². The highest BCUT2D eigenvalue weighted by Crippen LogP contribution is 2.43. The molecule has 0 radical (unpaired) electrons. The van der Waals surface area contributed by atoms with Crippen LogP contribution < -0.4 is 0 Å². The number of rotatable bonds is 4. The van der Waals surface area contributed by atoms with Gasteiger partial charge in [-0.1, -0.05) is 41.9 Å². The van der Waals surface area contributed by atoms with Gasteiger partial charge < -0.3 is 9.67 Å². The Morgan fingerprint density at radius 1 is 1.08 bits per heavy atom. The van der Waals surface area contributed by atoms with Crippen molar-refractivity contribution in [1.82, 2.24) is 9.55 Å². The standard InChI is InChI=1S/C21H17ClN2OS/c1-24-13-16(18-9-5-11-26-18)19(21(25)14-6-4-10-23-12-14)20(24)15-7-2-3-8-17(15)22/h2-13,21,25H,1H3. The molecular formula is C21H17ClN2OS. The fraction of sp³-hybridized carbons (Fsp3) is 0.0952. The summed E-state index contributed by atoms with van der Waals surface area (Å²) in [5.74, 6) is 0. The minimum absolute atomic E-state index is 0.658. The van der Waals surface area contributed by atoms with Crippen molar-refractivity contribution in [2.45, 2.75) is 6.10 Å². The molecule has 3 aromatic heterocycles. The van der Waals surface area contributed by atoms with Crippen LogP contribution in [-0.2, 0) is 7.05 Å². The second-order valence-electron chi connectivity index (χ2n) is 6.06. The number of benzene rings is 1. The Bertz CT molecular complexity index is 1030. The molecule has 130 valence electrons. The monoisotopic (exact) mass is 380 g/mol. The summed E-state index contributed by atoms with van der Waals surface area (Å²) in [5.41, 5.74) is 4.42. The van der Waals surface area contributed by atoms with Crippen LogP contribution in [0, 0.1) is 0 Å². The third-order valence-corrected chi connectivity index (χ3v) is 5.64. The van der Waals surface area contributed by atoms with Gasteiger partial charge in [0.05, 0.1) is 5.69 Å². The highest BCUT2D eigenvalue weighted by atomic mass is 35.5. The van der Waals surface area contributed by atoms with Crippen LogP contribution in [0.5, 0.6) is 0 Å². The summed E-state index contributed by atoms with van der Waals surface area (Å²) in [6.45, 7) is 0. The first-order chi connectivity index (χ1) is 12.7. The van der Waals surface area contributed by atoms with Gasteiger partial charge in [-0.3, -0.25) is 4.98 Å². The van der Waals surface area contributed by atoms with Crippen molar-refractivity contribution in [3.8, 4) is 21.7 Å². The maximum Gasteiger partial charge on any atom is 0.108 e. The number of halogens is 1. The maximum absolute atomic E-state index is 11.2. The highest BCUT2D eigenvalue weighted by Gasteiger charge is 2.25. The fourth-order valence-electron chi connectivity index (χ4n) is 3.24. The van der Waals surface area contributed by atoms with E-state index < -0.39 is 6.10 Å². The van der Waals surface area contributed by atoms with E-state index in [9.17, 15) is 5.11 Å². The summed E-state index contributed by atoms with van der Waals surface area (Å²) >= 11 is 8.13. The van der Waals surface area contributed by atoms with Crippen LogP contribution in [-0.4, -0.2) is 14.7 Å². The normalized spacial score (nSPS) is 12.3. The van der Waals surface area contributed by atoms with Gasteiger partial charge in [-0.25, -0.2) is 0 Å². The Kier molecular flexibility index (Phi) is 4.64. The van der Waals surface area contributed by atoms with E-state index in [-0.39, 0.29) is 0 Å². The number of hydrogen-bond acceptors (Lipinski definition) is 3. The molecule has 4 rings (SSSR count). The van der Waals surface area contributed by atoms with E-state index in [1.807, 2.05) is 59.5 Å². The Hall–Kier alpha value is -2.40. The molecule has 0 saturated heterocycles. The lowest BCUT2D eigenvalue weighted by Gasteiger charge is -2.16. The molecule has 0 aliphatic rings. The van der Waals surface area contributed by atoms with E-state index in [4.69, 9.17) is 11.6 Å². The predicted octanol–water partition coefficient (Wildman–Crippen LogP) is 5.55. The van der Waals surface area contributed by atoms with Gasteiger partial charge in [0.1, 0.15) is 6.10 Å². The first-order valence-corrected chi connectivity index (χ1v) is 9.48. The molecule has 1 aromatic carbocycles. The smallest absolute Gasteiger partial charge is 0.108 e. The number of aryl methyl sites for hydroxylation is 1. The van der Waals surface area contributed by atoms with Gasteiger partial charge in [-0.15, -0.1) is 11.3 Å². The number of aromatic nitrogens is 2. The van der Waals surface area contributed by atoms with Gasteiger partial charge in [0.25, 0.3) is 0 Å². The third kappa shape index (κ3) is 2.97. The Morgan fingerprint density at radius 2 is 1.92 bits per heavy atom. The summed E-state index contributed by atoms with van der Waals surface area (Å²) in [5, 5.41) is 13.9. The number of thiophene rings is 1. The van der Waals surface area contributed by atoms with E-state index in [2.05, 4.69) is 17.2 Å². The minimum atomic E-state index is -0.798. The van der Waals surface area contributed by atoms with E-state index in [1.165, 1.54) is 0 Å². The largest absolute Gasteiger partial charge is 0.383 e. The number of pyridine rings is 1. The lowest BCUT2D eigenvalue weighted by Crippen LogP contribution is -2.04. The topological polar surface area (TPSA) is 38.0 Å². The average molecular weight is 381 g/mol. The zero-order valence-corrected chi connectivity index (χ0v) is 15.7. The van der Waals surface area contributed by atoms with E-state index in [0.717, 1.165) is 32.8 Å². The molecule has 3 nitrogen and oxygen atoms in total. The van der Waals surface area contributed by atoms with Crippen molar-refractivity contribution in [3.05, 3.63) is 88.7 Å². The number of aliphatic hydroxyl groups is 1. The zero-order chi connectivity index (χ0) is 18.1. The Labute approximate surface area is 161 Å². The molecule has 26 heavy (non-hydrogen) atoms. The SMILES string of the molecule is Cn1cc(-c2cccs2)c(C(O)c2cccnc2)c1-c1ccccc1Cl. The van der Waals surface area contributed by atoms with Crippen molar-refractivity contribution < 1.29 is 5.11 Å². The van der Waals surface area contributed by atoms with Crippen molar-refractivity contribution in [2.75, 3.05) is 0 Å². The van der Waals surface area contributed by atoms with Crippen LogP contribution in [0.3, 0.4) is 0 Å². The summed E-state index contributed by atoms with van der Waals surface area (Å²) in [6, 6.07) is 15.5. The van der Waals surface area contributed by atoms with Crippen molar-refractivity contribution in [1.29, 1.82) is 0 Å².